The number of urea groups is 1. The van der Waals surface area contributed by atoms with Gasteiger partial charge < -0.3 is 20.9 Å². The number of halogens is 3. The van der Waals surface area contributed by atoms with Crippen LogP contribution in [0.4, 0.5) is 29.6 Å². The lowest BCUT2D eigenvalue weighted by atomic mass is 9.93. The molecule has 4 heterocycles. The first-order chi connectivity index (χ1) is 19.0. The number of benzene rings is 1. The van der Waals surface area contributed by atoms with Gasteiger partial charge in [0.05, 0.1) is 16.9 Å². The number of rotatable bonds is 4. The number of piperidine rings is 1. The van der Waals surface area contributed by atoms with Crippen molar-refractivity contribution in [2.24, 2.45) is 0 Å². The van der Waals surface area contributed by atoms with Crippen molar-refractivity contribution >= 4 is 34.6 Å². The zero-order valence-corrected chi connectivity index (χ0v) is 21.7. The lowest BCUT2D eigenvalue weighted by molar-refractivity contribution is -0.137. The van der Waals surface area contributed by atoms with Crippen LogP contribution in [0.2, 0.25) is 0 Å². The van der Waals surface area contributed by atoms with Gasteiger partial charge in [0.25, 0.3) is 5.91 Å². The number of hydrogen-bond acceptors (Lipinski definition) is 7. The maximum Gasteiger partial charge on any atom is 0.416 e. The third-order valence-corrected chi connectivity index (χ3v) is 6.75. The van der Waals surface area contributed by atoms with Crippen molar-refractivity contribution in [3.8, 4) is 5.69 Å². The summed E-state index contributed by atoms with van der Waals surface area (Å²) in [5.74, 6) is -0.545. The molecule has 208 valence electrons. The molecule has 1 fully saturated rings. The van der Waals surface area contributed by atoms with Crippen molar-refractivity contribution in [1.82, 2.24) is 34.5 Å². The highest BCUT2D eigenvalue weighted by Crippen LogP contribution is 2.34. The van der Waals surface area contributed by atoms with Gasteiger partial charge in [-0.15, -0.1) is 0 Å². The van der Waals surface area contributed by atoms with Gasteiger partial charge in [0.15, 0.2) is 5.82 Å². The fourth-order valence-electron chi connectivity index (χ4n) is 4.70. The molecule has 1 aliphatic heterocycles. The quantitative estimate of drug-likeness (QED) is 0.391. The molecule has 1 aromatic carbocycles. The number of nitrogen functional groups attached to an aromatic ring is 1. The third kappa shape index (κ3) is 5.24. The number of alkyl halides is 3. The van der Waals surface area contributed by atoms with E-state index in [4.69, 9.17) is 10.8 Å². The highest BCUT2D eigenvalue weighted by Gasteiger charge is 2.31. The second-order valence-corrected chi connectivity index (χ2v) is 9.62. The van der Waals surface area contributed by atoms with E-state index in [0.717, 1.165) is 24.0 Å². The summed E-state index contributed by atoms with van der Waals surface area (Å²) in [4.78, 5) is 40.8. The predicted octanol–water partition coefficient (Wildman–Crippen LogP) is 3.92. The normalized spacial score (nSPS) is 14.4. The van der Waals surface area contributed by atoms with Gasteiger partial charge >= 0.3 is 12.2 Å². The summed E-state index contributed by atoms with van der Waals surface area (Å²) in [5.41, 5.74) is 7.99. The van der Waals surface area contributed by atoms with Crippen molar-refractivity contribution in [2.75, 3.05) is 38.2 Å². The first kappa shape index (κ1) is 26.8. The largest absolute Gasteiger partial charge is 0.416 e. The Bertz CT molecular complexity index is 1560. The van der Waals surface area contributed by atoms with Crippen molar-refractivity contribution < 1.29 is 22.8 Å². The van der Waals surface area contributed by atoms with Crippen LogP contribution in [0.5, 0.6) is 0 Å². The van der Waals surface area contributed by atoms with E-state index in [2.05, 4.69) is 20.3 Å². The zero-order chi connectivity index (χ0) is 28.6. The summed E-state index contributed by atoms with van der Waals surface area (Å²) in [5, 5.41) is 7.22. The topological polar surface area (TPSA) is 135 Å². The number of anilines is 2. The summed E-state index contributed by atoms with van der Waals surface area (Å²) in [6.07, 6.45) is -0.774. The molecular formula is C26H26F3N9O2. The molecule has 0 atom stereocenters. The second kappa shape index (κ2) is 10.4. The average Bonchev–Trinajstić information content (AvgIpc) is 3.33. The Morgan fingerprint density at radius 1 is 1.05 bits per heavy atom. The van der Waals surface area contributed by atoms with Crippen LogP contribution < -0.4 is 11.1 Å². The van der Waals surface area contributed by atoms with E-state index in [0.29, 0.717) is 42.7 Å². The van der Waals surface area contributed by atoms with Gasteiger partial charge in [-0.2, -0.15) is 18.3 Å². The second-order valence-electron chi connectivity index (χ2n) is 9.62. The van der Waals surface area contributed by atoms with E-state index in [-0.39, 0.29) is 29.1 Å². The number of pyridine rings is 1. The van der Waals surface area contributed by atoms with Crippen LogP contribution >= 0.6 is 0 Å². The third-order valence-electron chi connectivity index (χ3n) is 6.75. The molecule has 0 saturated carbocycles. The molecule has 0 spiro atoms. The fourth-order valence-corrected chi connectivity index (χ4v) is 4.70. The molecule has 3 N–H and O–H groups in total. The summed E-state index contributed by atoms with van der Waals surface area (Å²) < 4.78 is 40.6. The summed E-state index contributed by atoms with van der Waals surface area (Å²) in [6, 6.07) is 7.91. The van der Waals surface area contributed by atoms with Crippen LogP contribution in [0.3, 0.4) is 0 Å². The zero-order valence-electron chi connectivity index (χ0n) is 21.7. The van der Waals surface area contributed by atoms with Gasteiger partial charge in [-0.3, -0.25) is 4.79 Å². The van der Waals surface area contributed by atoms with Gasteiger partial charge in [-0.05, 0) is 49.2 Å². The Balaban J connectivity index is 1.39. The standard InChI is InChI=1S/C26H26F3N9O2/c1-36(2)25(40)37-11-8-15(9-12-37)20-21-22(23(30)33-14-32-21)38(35-20)18-5-3-16(4-6-18)24(39)34-19-13-17(7-10-31-19)26(27,28)29/h3-7,10,13-15H,8-9,11-12H2,1-2H3,(H2,30,32,33)(H,31,34,39). The van der Waals surface area contributed by atoms with Gasteiger partial charge in [-0.1, -0.05) is 0 Å². The number of nitrogens with zero attached hydrogens (tertiary/aromatic N) is 7. The number of hydrogen-bond donors (Lipinski definition) is 2. The maximum absolute atomic E-state index is 13.0. The number of aromatic nitrogens is 5. The van der Waals surface area contributed by atoms with Gasteiger partial charge in [0, 0.05) is 44.9 Å². The molecule has 0 unspecified atom stereocenters. The van der Waals surface area contributed by atoms with Crippen LogP contribution in [-0.2, 0) is 6.18 Å². The number of amides is 3. The summed E-state index contributed by atoms with van der Waals surface area (Å²) in [6.45, 7) is 1.17. The summed E-state index contributed by atoms with van der Waals surface area (Å²) >= 11 is 0. The molecule has 1 aliphatic rings. The molecule has 0 aliphatic carbocycles. The molecule has 1 saturated heterocycles. The molecule has 5 rings (SSSR count). The SMILES string of the molecule is CN(C)C(=O)N1CCC(c2nn(-c3ccc(C(=O)Nc4cc(C(F)(F)F)ccn4)cc3)c3c(N)ncnc23)CC1. The number of likely N-dealkylation sites (tertiary alicyclic amines) is 1. The van der Waals surface area contributed by atoms with E-state index < -0.39 is 17.6 Å². The van der Waals surface area contributed by atoms with Crippen molar-refractivity contribution in [2.45, 2.75) is 24.9 Å². The molecule has 11 nitrogen and oxygen atoms in total. The van der Waals surface area contributed by atoms with Gasteiger partial charge in [-0.25, -0.2) is 24.4 Å². The van der Waals surface area contributed by atoms with Crippen LogP contribution in [0, 0.1) is 0 Å². The highest BCUT2D eigenvalue weighted by atomic mass is 19.4. The maximum atomic E-state index is 13.0. The minimum atomic E-state index is -4.55. The fraction of sp³-hybridized carbons (Fsp3) is 0.308. The Morgan fingerprint density at radius 3 is 2.40 bits per heavy atom. The average molecular weight is 554 g/mol. The molecule has 3 aromatic heterocycles. The molecule has 0 bridgehead atoms. The van der Waals surface area contributed by atoms with E-state index in [1.165, 1.54) is 18.5 Å². The van der Waals surface area contributed by atoms with E-state index in [9.17, 15) is 22.8 Å². The molecular weight excluding hydrogens is 527 g/mol. The number of nitrogens with one attached hydrogen (secondary N) is 1. The van der Waals surface area contributed by atoms with Crippen LogP contribution in [0.25, 0.3) is 16.7 Å². The number of nitrogens with two attached hydrogens (primary N) is 1. The number of fused-ring (bicyclic) bond motifs is 1. The van der Waals surface area contributed by atoms with Crippen LogP contribution in [0.15, 0.2) is 48.9 Å². The van der Waals surface area contributed by atoms with E-state index >= 15 is 0 Å². The lowest BCUT2D eigenvalue weighted by Gasteiger charge is -2.33. The Morgan fingerprint density at radius 2 is 1.75 bits per heavy atom. The Hall–Kier alpha value is -4.75. The molecule has 0 radical (unpaired) electrons. The number of carbonyl (C=O) groups is 2. The molecule has 4 aromatic rings. The first-order valence-electron chi connectivity index (χ1n) is 12.4. The van der Waals surface area contributed by atoms with E-state index in [1.54, 1.807) is 40.7 Å². The van der Waals surface area contributed by atoms with Gasteiger partial charge in [0.1, 0.15) is 23.2 Å². The minimum Gasteiger partial charge on any atom is -0.382 e. The smallest absolute Gasteiger partial charge is 0.382 e. The lowest BCUT2D eigenvalue weighted by Crippen LogP contribution is -2.43. The monoisotopic (exact) mass is 553 g/mol. The molecule has 14 heteroatoms. The highest BCUT2D eigenvalue weighted by molar-refractivity contribution is 6.04. The van der Waals surface area contributed by atoms with Crippen LogP contribution in [-0.4, -0.2) is 73.7 Å². The minimum absolute atomic E-state index is 0.0339. The predicted molar refractivity (Wildman–Crippen MR) is 141 cm³/mol. The Labute approximate surface area is 226 Å². The van der Waals surface area contributed by atoms with Crippen molar-refractivity contribution in [1.29, 1.82) is 0 Å². The summed E-state index contributed by atoms with van der Waals surface area (Å²) in [7, 11) is 3.45. The molecule has 3 amide bonds. The van der Waals surface area contributed by atoms with Crippen molar-refractivity contribution in [3.05, 3.63) is 65.7 Å². The molecule has 40 heavy (non-hydrogen) atoms. The van der Waals surface area contributed by atoms with E-state index in [1.807, 2.05) is 0 Å². The Kier molecular flexibility index (Phi) is 7.00. The van der Waals surface area contributed by atoms with Crippen molar-refractivity contribution in [3.63, 3.8) is 0 Å². The number of carbonyl (C=O) groups excluding carboxylic acids is 2. The first-order valence-corrected chi connectivity index (χ1v) is 12.4. The van der Waals surface area contributed by atoms with Gasteiger partial charge in [0.2, 0.25) is 0 Å². The van der Waals surface area contributed by atoms with Crippen LogP contribution in [0.1, 0.15) is 40.4 Å².